The molecule has 1 aromatic heterocycles. The Kier molecular flexibility index (Phi) is 5.45. The molecule has 0 aromatic carbocycles. The Hall–Kier alpha value is -2.84. The van der Waals surface area contributed by atoms with Crippen molar-refractivity contribution in [1.82, 2.24) is 20.0 Å². The van der Waals surface area contributed by atoms with E-state index in [0.717, 1.165) is 0 Å². The summed E-state index contributed by atoms with van der Waals surface area (Å²) >= 11 is 0. The van der Waals surface area contributed by atoms with Crippen LogP contribution in [0.25, 0.3) is 0 Å². The van der Waals surface area contributed by atoms with E-state index >= 15 is 0 Å². The van der Waals surface area contributed by atoms with Gasteiger partial charge in [-0.3, -0.25) is 9.89 Å². The van der Waals surface area contributed by atoms with E-state index in [1.54, 1.807) is 13.8 Å². The zero-order valence-corrected chi connectivity index (χ0v) is 14.5. The molecule has 0 fully saturated rings. The lowest BCUT2D eigenvalue weighted by molar-refractivity contribution is -0.138. The Labute approximate surface area is 145 Å². The maximum Gasteiger partial charge on any atom is 0.407 e. The Morgan fingerprint density at radius 2 is 2.16 bits per heavy atom. The van der Waals surface area contributed by atoms with Crippen LogP contribution in [-0.2, 0) is 22.5 Å². The van der Waals surface area contributed by atoms with Gasteiger partial charge in [0.1, 0.15) is 5.69 Å². The Bertz CT molecular complexity index is 711. The third-order valence-corrected chi connectivity index (χ3v) is 4.10. The number of ether oxygens (including phenoxy) is 1. The number of likely N-dealkylation sites (N-methyl/N-ethyl adjacent to an activating group) is 1. The SMILES string of the molecule is C=C(CN(C)C(=O)c1[nH]nc2c1CN(C(=O)O)C(C)C2)C(=O)OCC. The third-order valence-electron chi connectivity index (χ3n) is 4.10. The fourth-order valence-electron chi connectivity index (χ4n) is 2.74. The fourth-order valence-corrected chi connectivity index (χ4v) is 2.74. The van der Waals surface area contributed by atoms with Crippen molar-refractivity contribution in [2.45, 2.75) is 32.9 Å². The van der Waals surface area contributed by atoms with Gasteiger partial charge in [-0.2, -0.15) is 5.10 Å². The molecular weight excluding hydrogens is 328 g/mol. The first-order valence-electron chi connectivity index (χ1n) is 7.92. The van der Waals surface area contributed by atoms with E-state index < -0.39 is 12.1 Å². The van der Waals surface area contributed by atoms with Crippen molar-refractivity contribution in [3.05, 3.63) is 29.1 Å². The predicted molar refractivity (Wildman–Crippen MR) is 88.1 cm³/mol. The van der Waals surface area contributed by atoms with Gasteiger partial charge in [0.25, 0.3) is 5.91 Å². The van der Waals surface area contributed by atoms with Crippen LogP contribution in [0.15, 0.2) is 12.2 Å². The second-order valence-corrected chi connectivity index (χ2v) is 5.97. The number of H-pyrrole nitrogens is 1. The van der Waals surface area contributed by atoms with Gasteiger partial charge in [0.05, 0.1) is 25.4 Å². The molecule has 0 spiro atoms. The van der Waals surface area contributed by atoms with Crippen LogP contribution >= 0.6 is 0 Å². The standard InChI is InChI=1S/C16H22N4O5/c1-5-25-15(22)9(2)7-19(4)14(21)13-11-8-20(16(23)24)10(3)6-12(11)17-18-13/h10H,2,5-8H2,1,3-4H3,(H,17,18)(H,23,24). The molecule has 0 saturated carbocycles. The molecule has 136 valence electrons. The molecule has 1 aromatic rings. The molecule has 0 bridgehead atoms. The minimum Gasteiger partial charge on any atom is -0.465 e. The number of amides is 2. The quantitative estimate of drug-likeness (QED) is 0.605. The summed E-state index contributed by atoms with van der Waals surface area (Å²) in [6.07, 6.45) is -0.605. The highest BCUT2D eigenvalue weighted by Crippen LogP contribution is 2.25. The highest BCUT2D eigenvalue weighted by atomic mass is 16.5. The Balaban J connectivity index is 2.15. The van der Waals surface area contributed by atoms with Crippen LogP contribution < -0.4 is 0 Å². The number of esters is 1. The van der Waals surface area contributed by atoms with E-state index in [0.29, 0.717) is 17.7 Å². The van der Waals surface area contributed by atoms with E-state index in [4.69, 9.17) is 4.74 Å². The first-order chi connectivity index (χ1) is 11.8. The topological polar surface area (TPSA) is 116 Å². The van der Waals surface area contributed by atoms with Crippen molar-refractivity contribution in [2.24, 2.45) is 0 Å². The summed E-state index contributed by atoms with van der Waals surface area (Å²) in [5, 5.41) is 16.1. The number of rotatable bonds is 5. The number of carbonyl (C=O) groups excluding carboxylic acids is 2. The van der Waals surface area contributed by atoms with Crippen molar-refractivity contribution >= 4 is 18.0 Å². The molecule has 0 aliphatic carbocycles. The Morgan fingerprint density at radius 3 is 2.76 bits per heavy atom. The first-order valence-corrected chi connectivity index (χ1v) is 7.92. The average Bonchev–Trinajstić information content (AvgIpc) is 2.95. The second kappa shape index (κ2) is 7.37. The van der Waals surface area contributed by atoms with Gasteiger partial charge < -0.3 is 19.6 Å². The molecule has 1 aliphatic rings. The highest BCUT2D eigenvalue weighted by Gasteiger charge is 2.32. The molecule has 0 radical (unpaired) electrons. The number of hydrogen-bond donors (Lipinski definition) is 2. The van der Waals surface area contributed by atoms with E-state index in [-0.39, 0.29) is 42.9 Å². The van der Waals surface area contributed by atoms with Crippen molar-refractivity contribution in [3.8, 4) is 0 Å². The molecule has 1 aliphatic heterocycles. The molecule has 2 rings (SSSR count). The summed E-state index contributed by atoms with van der Waals surface area (Å²) in [5.74, 6) is -0.946. The molecule has 2 heterocycles. The largest absolute Gasteiger partial charge is 0.465 e. The molecule has 25 heavy (non-hydrogen) atoms. The monoisotopic (exact) mass is 350 g/mol. The zero-order chi connectivity index (χ0) is 18.7. The number of hydrogen-bond acceptors (Lipinski definition) is 5. The summed E-state index contributed by atoms with van der Waals surface area (Å²) in [5.41, 5.74) is 1.64. The van der Waals surface area contributed by atoms with Crippen molar-refractivity contribution < 1.29 is 24.2 Å². The lowest BCUT2D eigenvalue weighted by Gasteiger charge is -2.30. The lowest BCUT2D eigenvalue weighted by atomic mass is 9.99. The minimum atomic E-state index is -1.04. The minimum absolute atomic E-state index is 0.00447. The van der Waals surface area contributed by atoms with Crippen LogP contribution in [0.2, 0.25) is 0 Å². The summed E-state index contributed by atoms with van der Waals surface area (Å²) in [7, 11) is 1.53. The average molecular weight is 350 g/mol. The highest BCUT2D eigenvalue weighted by molar-refractivity contribution is 5.95. The number of fused-ring (bicyclic) bond motifs is 1. The van der Waals surface area contributed by atoms with Crippen molar-refractivity contribution in [3.63, 3.8) is 0 Å². The first kappa shape index (κ1) is 18.5. The number of nitrogens with zero attached hydrogens (tertiary/aromatic N) is 3. The molecule has 2 N–H and O–H groups in total. The fraction of sp³-hybridized carbons (Fsp3) is 0.500. The van der Waals surface area contributed by atoms with E-state index in [2.05, 4.69) is 16.8 Å². The molecule has 9 heteroatoms. The molecule has 1 atom stereocenters. The van der Waals surface area contributed by atoms with Crippen LogP contribution in [0.4, 0.5) is 4.79 Å². The number of aromatic amines is 1. The molecular formula is C16H22N4O5. The number of carboxylic acid groups (broad SMARTS) is 1. The van der Waals surface area contributed by atoms with Gasteiger partial charge in [0, 0.05) is 30.6 Å². The van der Waals surface area contributed by atoms with Crippen molar-refractivity contribution in [2.75, 3.05) is 20.2 Å². The maximum absolute atomic E-state index is 12.6. The van der Waals surface area contributed by atoms with Crippen molar-refractivity contribution in [1.29, 1.82) is 0 Å². The van der Waals surface area contributed by atoms with Gasteiger partial charge in [0.2, 0.25) is 0 Å². The van der Waals surface area contributed by atoms with Crippen LogP contribution in [0, 0.1) is 0 Å². The Morgan fingerprint density at radius 1 is 1.48 bits per heavy atom. The van der Waals surface area contributed by atoms with Gasteiger partial charge in [-0.1, -0.05) is 6.58 Å². The second-order valence-electron chi connectivity index (χ2n) is 5.97. The normalized spacial score (nSPS) is 16.1. The number of aromatic nitrogens is 2. The van der Waals surface area contributed by atoms with Gasteiger partial charge in [0.15, 0.2) is 0 Å². The molecule has 2 amide bonds. The van der Waals surface area contributed by atoms with Gasteiger partial charge in [-0.05, 0) is 13.8 Å². The summed E-state index contributed by atoms with van der Waals surface area (Å²) < 4.78 is 4.85. The summed E-state index contributed by atoms with van der Waals surface area (Å²) in [4.78, 5) is 38.2. The van der Waals surface area contributed by atoms with E-state index in [9.17, 15) is 19.5 Å². The third kappa shape index (κ3) is 3.81. The number of nitrogens with one attached hydrogen (secondary N) is 1. The van der Waals surface area contributed by atoms with E-state index in [1.807, 2.05) is 0 Å². The molecule has 1 unspecified atom stereocenters. The van der Waals surface area contributed by atoms with Gasteiger partial charge in [-0.15, -0.1) is 0 Å². The predicted octanol–water partition coefficient (Wildman–Crippen LogP) is 1.03. The molecule has 0 saturated heterocycles. The molecule has 9 nitrogen and oxygen atoms in total. The van der Waals surface area contributed by atoms with Gasteiger partial charge in [-0.25, -0.2) is 9.59 Å². The number of carbonyl (C=O) groups is 3. The van der Waals surface area contributed by atoms with Crippen LogP contribution in [-0.4, -0.2) is 69.3 Å². The summed E-state index contributed by atoms with van der Waals surface area (Å²) in [6.45, 7) is 7.44. The zero-order valence-electron chi connectivity index (χ0n) is 14.5. The maximum atomic E-state index is 12.6. The van der Waals surface area contributed by atoms with Crippen LogP contribution in [0.5, 0.6) is 0 Å². The smallest absolute Gasteiger partial charge is 0.407 e. The van der Waals surface area contributed by atoms with Gasteiger partial charge >= 0.3 is 12.1 Å². The van der Waals surface area contributed by atoms with E-state index in [1.165, 1.54) is 16.8 Å². The van der Waals surface area contributed by atoms with Crippen LogP contribution in [0.1, 0.15) is 35.6 Å². The lowest BCUT2D eigenvalue weighted by Crippen LogP contribution is -2.42. The summed E-state index contributed by atoms with van der Waals surface area (Å²) in [6, 6.07) is -0.211. The van der Waals surface area contributed by atoms with Crippen LogP contribution in [0.3, 0.4) is 0 Å².